The third kappa shape index (κ3) is 3.36. The maximum atomic E-state index is 14.3. The van der Waals surface area contributed by atoms with Crippen molar-refractivity contribution >= 4 is 33.2 Å². The summed E-state index contributed by atoms with van der Waals surface area (Å²) in [6, 6.07) is 2.51. The molecule has 2 atom stereocenters. The van der Waals surface area contributed by atoms with Gasteiger partial charge in [0.2, 0.25) is 10.0 Å². The van der Waals surface area contributed by atoms with E-state index in [2.05, 4.69) is 6.92 Å². The molecule has 0 N–H and O–H groups in total. The normalized spacial score (nSPS) is 24.2. The van der Waals surface area contributed by atoms with Crippen LogP contribution in [0.2, 0.25) is 5.02 Å². The van der Waals surface area contributed by atoms with Crippen molar-refractivity contribution in [2.24, 2.45) is 11.8 Å². The second-order valence-corrected chi connectivity index (χ2v) is 8.23. The largest absolute Gasteiger partial charge is 0.246 e. The lowest BCUT2D eigenvalue weighted by molar-refractivity contribution is 0.212. The summed E-state index contributed by atoms with van der Waals surface area (Å²) in [4.78, 5) is -0.382. The molecule has 1 aliphatic heterocycles. The number of hydrogen-bond donors (Lipinski definition) is 0. The summed E-state index contributed by atoms with van der Waals surface area (Å²) >= 11 is 11.5. The van der Waals surface area contributed by atoms with E-state index in [1.165, 1.54) is 10.4 Å². The molecule has 1 aromatic rings. The van der Waals surface area contributed by atoms with Gasteiger partial charge in [-0.2, -0.15) is 4.31 Å². The van der Waals surface area contributed by atoms with E-state index < -0.39 is 15.8 Å². The Bertz CT molecular complexity index is 636. The van der Waals surface area contributed by atoms with Gasteiger partial charge in [0, 0.05) is 23.7 Å². The number of piperidine rings is 1. The SMILES string of the molecule is CC1CCN(S(=O)(=O)c2cc(Cl)cc(CCl)c2F)CC1C. The lowest BCUT2D eigenvalue weighted by atomic mass is 9.90. The highest BCUT2D eigenvalue weighted by molar-refractivity contribution is 7.89. The van der Waals surface area contributed by atoms with Crippen LogP contribution in [0.1, 0.15) is 25.8 Å². The summed E-state index contributed by atoms with van der Waals surface area (Å²) < 4.78 is 41.0. The van der Waals surface area contributed by atoms with Crippen molar-refractivity contribution in [1.29, 1.82) is 0 Å². The summed E-state index contributed by atoms with van der Waals surface area (Å²) in [6.07, 6.45) is 0.769. The fraction of sp³-hybridized carbons (Fsp3) is 0.571. The third-order valence-electron chi connectivity index (χ3n) is 4.14. The molecular weight excluding hydrogens is 336 g/mol. The maximum absolute atomic E-state index is 14.3. The van der Waals surface area contributed by atoms with Crippen molar-refractivity contribution in [2.75, 3.05) is 13.1 Å². The first-order valence-electron chi connectivity index (χ1n) is 6.81. The number of rotatable bonds is 3. The number of alkyl halides is 1. The summed E-state index contributed by atoms with van der Waals surface area (Å²) in [5, 5.41) is 0.170. The van der Waals surface area contributed by atoms with Crippen LogP contribution in [-0.4, -0.2) is 25.8 Å². The second kappa shape index (κ2) is 6.41. The zero-order valence-electron chi connectivity index (χ0n) is 11.9. The molecule has 1 heterocycles. The van der Waals surface area contributed by atoms with Gasteiger partial charge in [-0.3, -0.25) is 0 Å². The standard InChI is InChI=1S/C14H18Cl2FNO2S/c1-9-3-4-18(8-10(9)2)21(19,20)13-6-12(16)5-11(7-15)14(13)17/h5-6,9-10H,3-4,7-8H2,1-2H3. The molecule has 2 rings (SSSR count). The van der Waals surface area contributed by atoms with Gasteiger partial charge < -0.3 is 0 Å². The summed E-state index contributed by atoms with van der Waals surface area (Å²) in [5.74, 6) is -0.231. The Morgan fingerprint density at radius 1 is 1.33 bits per heavy atom. The summed E-state index contributed by atoms with van der Waals surface area (Å²) in [6.45, 7) is 4.90. The Morgan fingerprint density at radius 3 is 2.57 bits per heavy atom. The molecule has 1 fully saturated rings. The second-order valence-electron chi connectivity index (χ2n) is 5.62. The number of halogens is 3. The van der Waals surface area contributed by atoms with Crippen LogP contribution in [0.4, 0.5) is 4.39 Å². The van der Waals surface area contributed by atoms with Crippen LogP contribution in [-0.2, 0) is 15.9 Å². The molecule has 0 bridgehead atoms. The lowest BCUT2D eigenvalue weighted by Gasteiger charge is -2.34. The van der Waals surface area contributed by atoms with Crippen LogP contribution in [0.3, 0.4) is 0 Å². The number of nitrogens with zero attached hydrogens (tertiary/aromatic N) is 1. The van der Waals surface area contributed by atoms with E-state index in [4.69, 9.17) is 23.2 Å². The van der Waals surface area contributed by atoms with Crippen molar-refractivity contribution in [2.45, 2.75) is 31.0 Å². The predicted octanol–water partition coefficient (Wildman–Crippen LogP) is 3.88. The monoisotopic (exact) mass is 353 g/mol. The quantitative estimate of drug-likeness (QED) is 0.773. The fourth-order valence-corrected chi connectivity index (χ4v) is 4.67. The highest BCUT2D eigenvalue weighted by Gasteiger charge is 2.34. The molecule has 3 nitrogen and oxygen atoms in total. The van der Waals surface area contributed by atoms with Gasteiger partial charge in [-0.1, -0.05) is 25.4 Å². The number of hydrogen-bond acceptors (Lipinski definition) is 2. The van der Waals surface area contributed by atoms with Crippen LogP contribution in [0.5, 0.6) is 0 Å². The van der Waals surface area contributed by atoms with E-state index in [9.17, 15) is 12.8 Å². The van der Waals surface area contributed by atoms with Crippen LogP contribution in [0.15, 0.2) is 17.0 Å². The minimum absolute atomic E-state index is 0.0983. The molecule has 0 amide bonds. The van der Waals surface area contributed by atoms with Gasteiger partial charge in [0.05, 0.1) is 5.88 Å². The molecule has 7 heteroatoms. The van der Waals surface area contributed by atoms with Crippen LogP contribution >= 0.6 is 23.2 Å². The van der Waals surface area contributed by atoms with Gasteiger partial charge >= 0.3 is 0 Å². The summed E-state index contributed by atoms with van der Waals surface area (Å²) in [7, 11) is -3.89. The lowest BCUT2D eigenvalue weighted by Crippen LogP contribution is -2.42. The Kier molecular flexibility index (Phi) is 5.19. The highest BCUT2D eigenvalue weighted by Crippen LogP contribution is 2.31. The van der Waals surface area contributed by atoms with E-state index in [1.807, 2.05) is 6.92 Å². The van der Waals surface area contributed by atoms with Crippen molar-refractivity contribution < 1.29 is 12.8 Å². The van der Waals surface area contributed by atoms with Gasteiger partial charge in [-0.05, 0) is 30.4 Å². The first kappa shape index (κ1) is 17.0. The smallest absolute Gasteiger partial charge is 0.207 e. The molecule has 1 saturated heterocycles. The van der Waals surface area contributed by atoms with Gasteiger partial charge in [0.25, 0.3) is 0 Å². The molecule has 1 aromatic carbocycles. The topological polar surface area (TPSA) is 37.4 Å². The molecule has 0 aliphatic carbocycles. The summed E-state index contributed by atoms with van der Waals surface area (Å²) in [5.41, 5.74) is 0.0983. The Balaban J connectivity index is 2.43. The third-order valence-corrected chi connectivity index (χ3v) is 6.51. The van der Waals surface area contributed by atoms with E-state index in [0.29, 0.717) is 19.0 Å². The number of benzene rings is 1. The van der Waals surface area contributed by atoms with Crippen molar-refractivity contribution in [1.82, 2.24) is 4.31 Å². The fourth-order valence-electron chi connectivity index (χ4n) is 2.49. The Hall–Kier alpha value is -0.360. The molecule has 118 valence electrons. The van der Waals surface area contributed by atoms with Gasteiger partial charge in [-0.15, -0.1) is 11.6 Å². The van der Waals surface area contributed by atoms with Crippen molar-refractivity contribution in [3.05, 3.63) is 28.5 Å². The average Bonchev–Trinajstić information content (AvgIpc) is 2.43. The maximum Gasteiger partial charge on any atom is 0.246 e. The highest BCUT2D eigenvalue weighted by atomic mass is 35.5. The van der Waals surface area contributed by atoms with E-state index in [-0.39, 0.29) is 27.3 Å². The molecule has 2 unspecified atom stereocenters. The zero-order valence-corrected chi connectivity index (χ0v) is 14.3. The molecule has 0 radical (unpaired) electrons. The van der Waals surface area contributed by atoms with E-state index >= 15 is 0 Å². The van der Waals surface area contributed by atoms with Gasteiger partial charge in [-0.25, -0.2) is 12.8 Å². The van der Waals surface area contributed by atoms with Gasteiger partial charge in [0.1, 0.15) is 10.7 Å². The zero-order chi connectivity index (χ0) is 15.8. The van der Waals surface area contributed by atoms with E-state index in [1.54, 1.807) is 0 Å². The molecular formula is C14H18Cl2FNO2S. The average molecular weight is 354 g/mol. The van der Waals surface area contributed by atoms with Crippen LogP contribution in [0, 0.1) is 17.7 Å². The Morgan fingerprint density at radius 2 is 2.00 bits per heavy atom. The minimum atomic E-state index is -3.89. The number of sulfonamides is 1. The molecule has 0 spiro atoms. The van der Waals surface area contributed by atoms with Crippen LogP contribution in [0.25, 0.3) is 0 Å². The van der Waals surface area contributed by atoms with Crippen molar-refractivity contribution in [3.63, 3.8) is 0 Å². The van der Waals surface area contributed by atoms with Gasteiger partial charge in [0.15, 0.2) is 0 Å². The first-order valence-corrected chi connectivity index (χ1v) is 9.16. The molecule has 0 aromatic heterocycles. The van der Waals surface area contributed by atoms with Crippen molar-refractivity contribution in [3.8, 4) is 0 Å². The van der Waals surface area contributed by atoms with E-state index in [0.717, 1.165) is 12.5 Å². The molecule has 21 heavy (non-hydrogen) atoms. The molecule has 1 aliphatic rings. The first-order chi connectivity index (χ1) is 9.77. The molecule has 0 saturated carbocycles. The van der Waals surface area contributed by atoms with Crippen LogP contribution < -0.4 is 0 Å². The Labute approximate surface area is 135 Å². The predicted molar refractivity (Wildman–Crippen MR) is 82.7 cm³/mol. The minimum Gasteiger partial charge on any atom is -0.207 e.